The SMILES string of the molecule is Nc1ccc(NC(=O)c2ccc3c(c2)OCO3)cn1. The largest absolute Gasteiger partial charge is 0.454 e. The normalized spacial score (nSPS) is 12.2. The Bertz CT molecular complexity index is 626. The second-order valence-corrected chi connectivity index (χ2v) is 3.99. The molecule has 0 fully saturated rings. The van der Waals surface area contributed by atoms with Crippen LogP contribution >= 0.6 is 0 Å². The molecule has 1 aliphatic heterocycles. The average Bonchev–Trinajstić information content (AvgIpc) is 2.88. The van der Waals surface area contributed by atoms with Crippen LogP contribution < -0.4 is 20.5 Å². The number of nitrogens with two attached hydrogens (primary N) is 1. The molecular weight excluding hydrogens is 246 g/mol. The highest BCUT2D eigenvalue weighted by atomic mass is 16.7. The summed E-state index contributed by atoms with van der Waals surface area (Å²) >= 11 is 0. The van der Waals surface area contributed by atoms with Crippen molar-refractivity contribution in [3.05, 3.63) is 42.1 Å². The molecule has 0 aliphatic carbocycles. The Morgan fingerprint density at radius 3 is 2.84 bits per heavy atom. The molecule has 1 aromatic carbocycles. The van der Waals surface area contributed by atoms with Gasteiger partial charge in [-0.25, -0.2) is 4.98 Å². The van der Waals surface area contributed by atoms with Gasteiger partial charge in [-0.05, 0) is 30.3 Å². The minimum absolute atomic E-state index is 0.183. The molecule has 0 radical (unpaired) electrons. The number of carbonyl (C=O) groups excluding carboxylic acids is 1. The molecule has 0 saturated heterocycles. The molecule has 6 nitrogen and oxygen atoms in total. The first kappa shape index (κ1) is 11.3. The van der Waals surface area contributed by atoms with Crippen molar-refractivity contribution in [2.75, 3.05) is 17.8 Å². The Hall–Kier alpha value is -2.76. The summed E-state index contributed by atoms with van der Waals surface area (Å²) in [6.07, 6.45) is 1.50. The van der Waals surface area contributed by atoms with E-state index in [1.807, 2.05) is 0 Å². The van der Waals surface area contributed by atoms with Crippen molar-refractivity contribution in [3.8, 4) is 11.5 Å². The first-order chi connectivity index (χ1) is 9.22. The van der Waals surface area contributed by atoms with Crippen molar-refractivity contribution in [1.29, 1.82) is 0 Å². The molecule has 0 spiro atoms. The van der Waals surface area contributed by atoms with Crippen LogP contribution in [0.5, 0.6) is 11.5 Å². The van der Waals surface area contributed by atoms with Gasteiger partial charge in [0.05, 0.1) is 11.9 Å². The van der Waals surface area contributed by atoms with Crippen molar-refractivity contribution in [2.24, 2.45) is 0 Å². The summed E-state index contributed by atoms with van der Waals surface area (Å²) in [5.41, 5.74) is 6.54. The van der Waals surface area contributed by atoms with E-state index in [1.165, 1.54) is 6.20 Å². The van der Waals surface area contributed by atoms with Crippen molar-refractivity contribution in [2.45, 2.75) is 0 Å². The topological polar surface area (TPSA) is 86.5 Å². The van der Waals surface area contributed by atoms with Crippen molar-refractivity contribution < 1.29 is 14.3 Å². The zero-order valence-electron chi connectivity index (χ0n) is 9.92. The summed E-state index contributed by atoms with van der Waals surface area (Å²) in [6, 6.07) is 8.33. The molecule has 1 amide bonds. The number of rotatable bonds is 2. The molecule has 2 heterocycles. The van der Waals surface area contributed by atoms with E-state index in [-0.39, 0.29) is 12.7 Å². The number of nitrogens with one attached hydrogen (secondary N) is 1. The number of hydrogen-bond acceptors (Lipinski definition) is 5. The number of nitrogen functional groups attached to an aromatic ring is 1. The van der Waals surface area contributed by atoms with Gasteiger partial charge in [0.2, 0.25) is 6.79 Å². The Labute approximate surface area is 109 Å². The van der Waals surface area contributed by atoms with Gasteiger partial charge in [0, 0.05) is 5.56 Å². The molecule has 0 atom stereocenters. The predicted octanol–water partition coefficient (Wildman–Crippen LogP) is 1.64. The third-order valence-electron chi connectivity index (χ3n) is 2.68. The number of nitrogens with zero attached hydrogens (tertiary/aromatic N) is 1. The minimum Gasteiger partial charge on any atom is -0.454 e. The molecule has 0 bridgehead atoms. The number of ether oxygens (including phenoxy) is 2. The highest BCUT2D eigenvalue weighted by Gasteiger charge is 2.16. The fraction of sp³-hybridized carbons (Fsp3) is 0.0769. The lowest BCUT2D eigenvalue weighted by Gasteiger charge is -2.05. The van der Waals surface area contributed by atoms with Crippen molar-refractivity contribution in [3.63, 3.8) is 0 Å². The van der Waals surface area contributed by atoms with E-state index in [9.17, 15) is 4.79 Å². The lowest BCUT2D eigenvalue weighted by Crippen LogP contribution is -2.12. The number of carbonyl (C=O) groups is 1. The van der Waals surface area contributed by atoms with Gasteiger partial charge >= 0.3 is 0 Å². The second-order valence-electron chi connectivity index (χ2n) is 3.99. The highest BCUT2D eigenvalue weighted by molar-refractivity contribution is 6.04. The summed E-state index contributed by atoms with van der Waals surface area (Å²) in [7, 11) is 0. The number of pyridine rings is 1. The maximum atomic E-state index is 12.0. The van der Waals surface area contributed by atoms with E-state index in [4.69, 9.17) is 15.2 Å². The van der Waals surface area contributed by atoms with E-state index in [0.717, 1.165) is 0 Å². The number of fused-ring (bicyclic) bond motifs is 1. The molecule has 0 saturated carbocycles. The lowest BCUT2D eigenvalue weighted by atomic mass is 10.2. The molecule has 19 heavy (non-hydrogen) atoms. The Morgan fingerprint density at radius 2 is 2.05 bits per heavy atom. The van der Waals surface area contributed by atoms with Gasteiger partial charge in [-0.3, -0.25) is 4.79 Å². The summed E-state index contributed by atoms with van der Waals surface area (Å²) < 4.78 is 10.4. The van der Waals surface area contributed by atoms with Crippen LogP contribution in [-0.4, -0.2) is 17.7 Å². The van der Waals surface area contributed by atoms with Gasteiger partial charge < -0.3 is 20.5 Å². The lowest BCUT2D eigenvalue weighted by molar-refractivity contribution is 0.102. The van der Waals surface area contributed by atoms with E-state index < -0.39 is 0 Å². The zero-order valence-corrected chi connectivity index (χ0v) is 9.92. The van der Waals surface area contributed by atoms with Crippen LogP contribution in [0.15, 0.2) is 36.5 Å². The summed E-state index contributed by atoms with van der Waals surface area (Å²) in [6.45, 7) is 0.183. The number of benzene rings is 1. The van der Waals surface area contributed by atoms with E-state index in [0.29, 0.717) is 28.6 Å². The maximum Gasteiger partial charge on any atom is 0.255 e. The molecule has 96 valence electrons. The average molecular weight is 257 g/mol. The van der Waals surface area contributed by atoms with E-state index in [1.54, 1.807) is 30.3 Å². The molecule has 3 N–H and O–H groups in total. The predicted molar refractivity (Wildman–Crippen MR) is 69.2 cm³/mol. The highest BCUT2D eigenvalue weighted by Crippen LogP contribution is 2.32. The first-order valence-corrected chi connectivity index (χ1v) is 5.65. The minimum atomic E-state index is -0.245. The Kier molecular flexibility index (Phi) is 2.68. The standard InChI is InChI=1S/C13H11N3O3/c14-12-4-2-9(6-15-12)16-13(17)8-1-3-10-11(5-8)19-7-18-10/h1-6H,7H2,(H2,14,15)(H,16,17). The van der Waals surface area contributed by atoms with Crippen LogP contribution in [0, 0.1) is 0 Å². The van der Waals surface area contributed by atoms with Crippen LogP contribution in [0.4, 0.5) is 11.5 Å². The number of aromatic nitrogens is 1. The van der Waals surface area contributed by atoms with Crippen LogP contribution in [0.25, 0.3) is 0 Å². The van der Waals surface area contributed by atoms with Gasteiger partial charge in [0.1, 0.15) is 5.82 Å². The zero-order chi connectivity index (χ0) is 13.2. The fourth-order valence-electron chi connectivity index (χ4n) is 1.72. The van der Waals surface area contributed by atoms with E-state index >= 15 is 0 Å². The monoisotopic (exact) mass is 257 g/mol. The van der Waals surface area contributed by atoms with Gasteiger partial charge in [0.15, 0.2) is 11.5 Å². The maximum absolute atomic E-state index is 12.0. The smallest absolute Gasteiger partial charge is 0.255 e. The molecule has 6 heteroatoms. The first-order valence-electron chi connectivity index (χ1n) is 5.65. The van der Waals surface area contributed by atoms with Crippen molar-refractivity contribution in [1.82, 2.24) is 4.98 Å². The Morgan fingerprint density at radius 1 is 1.21 bits per heavy atom. The number of amides is 1. The molecule has 2 aromatic rings. The molecule has 1 aliphatic rings. The van der Waals surface area contributed by atoms with E-state index in [2.05, 4.69) is 10.3 Å². The molecule has 3 rings (SSSR count). The summed E-state index contributed by atoms with van der Waals surface area (Å²) in [5, 5.41) is 2.72. The number of hydrogen-bond donors (Lipinski definition) is 2. The number of anilines is 2. The molecule has 0 unspecified atom stereocenters. The Balaban J connectivity index is 1.78. The third-order valence-corrected chi connectivity index (χ3v) is 2.68. The van der Waals surface area contributed by atoms with Gasteiger partial charge in [-0.2, -0.15) is 0 Å². The van der Waals surface area contributed by atoms with Gasteiger partial charge in [0.25, 0.3) is 5.91 Å². The summed E-state index contributed by atoms with van der Waals surface area (Å²) in [4.78, 5) is 15.9. The molecular formula is C13H11N3O3. The van der Waals surface area contributed by atoms with Crippen LogP contribution in [0.3, 0.4) is 0 Å². The van der Waals surface area contributed by atoms with Gasteiger partial charge in [-0.1, -0.05) is 0 Å². The second kappa shape index (κ2) is 4.49. The van der Waals surface area contributed by atoms with Crippen molar-refractivity contribution >= 4 is 17.4 Å². The molecule has 1 aromatic heterocycles. The van der Waals surface area contributed by atoms with Gasteiger partial charge in [-0.15, -0.1) is 0 Å². The van der Waals surface area contributed by atoms with Crippen LogP contribution in [0.1, 0.15) is 10.4 Å². The summed E-state index contributed by atoms with van der Waals surface area (Å²) in [5.74, 6) is 1.37. The fourth-order valence-corrected chi connectivity index (χ4v) is 1.72. The third kappa shape index (κ3) is 2.28. The van der Waals surface area contributed by atoms with Crippen LogP contribution in [-0.2, 0) is 0 Å². The van der Waals surface area contributed by atoms with Crippen LogP contribution in [0.2, 0.25) is 0 Å². The quantitative estimate of drug-likeness (QED) is 0.854.